The third kappa shape index (κ3) is 3.00. The monoisotopic (exact) mass is 384 g/mol. The lowest BCUT2D eigenvalue weighted by Gasteiger charge is -2.14. The Morgan fingerprint density at radius 1 is 0.862 bits per heavy atom. The van der Waals surface area contributed by atoms with Gasteiger partial charge in [-0.15, -0.1) is 0 Å². The fourth-order valence-corrected chi connectivity index (χ4v) is 3.44. The number of hydrogen-bond acceptors (Lipinski definition) is 5. The summed E-state index contributed by atoms with van der Waals surface area (Å²) in [5.41, 5.74) is 2.92. The van der Waals surface area contributed by atoms with Crippen LogP contribution in [0.15, 0.2) is 83.3 Å². The van der Waals surface area contributed by atoms with Crippen molar-refractivity contribution < 1.29 is 18.7 Å². The number of rotatable bonds is 4. The summed E-state index contributed by atoms with van der Waals surface area (Å²) in [5.74, 6) is -0.677. The van der Waals surface area contributed by atoms with E-state index < -0.39 is 18.1 Å². The zero-order chi connectivity index (χ0) is 19.8. The van der Waals surface area contributed by atoms with Crippen LogP contribution in [0.2, 0.25) is 0 Å². The molecule has 0 aliphatic carbocycles. The number of nitrogens with one attached hydrogen (secondary N) is 2. The molecule has 1 amide bonds. The van der Waals surface area contributed by atoms with Crippen LogP contribution in [0.3, 0.4) is 0 Å². The highest BCUT2D eigenvalue weighted by molar-refractivity contribution is 6.11. The smallest absolute Gasteiger partial charge is 0.340 e. The van der Waals surface area contributed by atoms with Crippen molar-refractivity contribution in [3.8, 4) is 0 Å². The molecule has 6 heteroatoms. The van der Waals surface area contributed by atoms with Crippen LogP contribution in [0.1, 0.15) is 32.7 Å². The number of carbonyl (C=O) groups excluding carboxylic acids is 2. The largest absolute Gasteiger partial charge is 0.449 e. The summed E-state index contributed by atoms with van der Waals surface area (Å²) >= 11 is 0. The Hall–Kier alpha value is -4.06. The van der Waals surface area contributed by atoms with Gasteiger partial charge in [-0.05, 0) is 30.3 Å². The molecule has 0 fully saturated rings. The Labute approximate surface area is 166 Å². The molecule has 6 nitrogen and oxygen atoms in total. The molecule has 2 heterocycles. The van der Waals surface area contributed by atoms with E-state index in [1.807, 2.05) is 48.5 Å². The summed E-state index contributed by atoms with van der Waals surface area (Å²) in [6, 6.07) is 23.6. The second-order valence-electron chi connectivity index (χ2n) is 6.64. The van der Waals surface area contributed by atoms with Gasteiger partial charge in [-0.2, -0.15) is 0 Å². The van der Waals surface area contributed by atoms with Gasteiger partial charge in [0, 0.05) is 16.6 Å². The van der Waals surface area contributed by atoms with Gasteiger partial charge in [0.25, 0.3) is 5.91 Å². The second kappa shape index (κ2) is 6.83. The minimum atomic E-state index is -0.706. The number of cyclic esters (lactones) is 1. The SMILES string of the molecule is O=C1OC(Nc2c(C(=O)Nc3ccccc3)oc3ccccc23)c2ccccc21. The summed E-state index contributed by atoms with van der Waals surface area (Å²) in [4.78, 5) is 25.1. The van der Waals surface area contributed by atoms with Gasteiger partial charge in [0.1, 0.15) is 5.58 Å². The minimum Gasteiger partial charge on any atom is -0.449 e. The molecule has 0 saturated carbocycles. The van der Waals surface area contributed by atoms with E-state index in [-0.39, 0.29) is 5.76 Å². The maximum Gasteiger partial charge on any atom is 0.340 e. The zero-order valence-corrected chi connectivity index (χ0v) is 15.2. The van der Waals surface area contributed by atoms with E-state index in [0.717, 1.165) is 10.9 Å². The van der Waals surface area contributed by atoms with Crippen molar-refractivity contribution in [3.63, 3.8) is 0 Å². The normalized spacial score (nSPS) is 15.0. The maximum absolute atomic E-state index is 12.9. The molecule has 2 N–H and O–H groups in total. The molecule has 142 valence electrons. The number of furan rings is 1. The molecule has 4 aromatic rings. The molecule has 1 aliphatic heterocycles. The number of anilines is 2. The fraction of sp³-hybridized carbons (Fsp3) is 0.0435. The van der Waals surface area contributed by atoms with Crippen LogP contribution in [0.5, 0.6) is 0 Å². The van der Waals surface area contributed by atoms with Crippen molar-refractivity contribution >= 4 is 34.2 Å². The number of benzene rings is 3. The first-order chi connectivity index (χ1) is 14.2. The Morgan fingerprint density at radius 3 is 2.45 bits per heavy atom. The van der Waals surface area contributed by atoms with Crippen molar-refractivity contribution in [2.24, 2.45) is 0 Å². The number of para-hydroxylation sites is 2. The number of hydrogen-bond donors (Lipinski definition) is 2. The lowest BCUT2D eigenvalue weighted by atomic mass is 10.1. The molecule has 0 spiro atoms. The van der Waals surface area contributed by atoms with Gasteiger partial charge in [0.2, 0.25) is 12.0 Å². The molecule has 1 atom stereocenters. The van der Waals surface area contributed by atoms with Crippen molar-refractivity contribution in [3.05, 3.63) is 95.7 Å². The van der Waals surface area contributed by atoms with E-state index in [0.29, 0.717) is 22.5 Å². The van der Waals surface area contributed by atoms with Crippen LogP contribution in [0.4, 0.5) is 11.4 Å². The molecule has 29 heavy (non-hydrogen) atoms. The summed E-state index contributed by atoms with van der Waals surface area (Å²) in [5, 5.41) is 6.75. The van der Waals surface area contributed by atoms with E-state index in [4.69, 9.17) is 9.15 Å². The molecular formula is C23H16N2O4. The summed E-state index contributed by atoms with van der Waals surface area (Å²) in [6.07, 6.45) is -0.706. The Bertz CT molecular complexity index is 1230. The van der Waals surface area contributed by atoms with E-state index in [2.05, 4.69) is 10.6 Å². The number of amides is 1. The fourth-order valence-electron chi connectivity index (χ4n) is 3.44. The van der Waals surface area contributed by atoms with Crippen LogP contribution in [-0.2, 0) is 4.74 Å². The third-order valence-electron chi connectivity index (χ3n) is 4.80. The van der Waals surface area contributed by atoms with Crippen LogP contribution in [-0.4, -0.2) is 11.9 Å². The van der Waals surface area contributed by atoms with Gasteiger partial charge < -0.3 is 19.8 Å². The van der Waals surface area contributed by atoms with Crippen molar-refractivity contribution in [1.82, 2.24) is 0 Å². The molecule has 5 rings (SSSR count). The lowest BCUT2D eigenvalue weighted by molar-refractivity contribution is 0.0437. The van der Waals surface area contributed by atoms with Gasteiger partial charge in [0.05, 0.1) is 11.3 Å². The highest BCUT2D eigenvalue weighted by Crippen LogP contribution is 2.37. The molecule has 3 aromatic carbocycles. The lowest BCUT2D eigenvalue weighted by Crippen LogP contribution is -2.16. The highest BCUT2D eigenvalue weighted by atomic mass is 16.6. The van der Waals surface area contributed by atoms with Crippen molar-refractivity contribution in [2.45, 2.75) is 6.23 Å². The standard InChI is InChI=1S/C23H16N2O4/c26-21(24-14-8-2-1-3-9-14)20-19(17-12-6-7-13-18(17)28-20)25-22-15-10-4-5-11-16(15)23(27)29-22/h1-13,22,25H,(H,24,26). The maximum atomic E-state index is 12.9. The van der Waals surface area contributed by atoms with Crippen LogP contribution >= 0.6 is 0 Å². The van der Waals surface area contributed by atoms with Gasteiger partial charge in [-0.1, -0.05) is 48.5 Å². The average Bonchev–Trinajstić information content (AvgIpc) is 3.28. The number of carbonyl (C=O) groups is 2. The first-order valence-electron chi connectivity index (χ1n) is 9.15. The molecule has 1 aliphatic rings. The van der Waals surface area contributed by atoms with E-state index >= 15 is 0 Å². The predicted octanol–water partition coefficient (Wildman–Crippen LogP) is 4.97. The van der Waals surface area contributed by atoms with E-state index in [9.17, 15) is 9.59 Å². The van der Waals surface area contributed by atoms with Gasteiger partial charge in [-0.3, -0.25) is 4.79 Å². The number of esters is 1. The van der Waals surface area contributed by atoms with Gasteiger partial charge in [0.15, 0.2) is 0 Å². The first-order valence-corrected chi connectivity index (χ1v) is 9.15. The molecule has 1 unspecified atom stereocenters. The van der Waals surface area contributed by atoms with Crippen LogP contribution in [0, 0.1) is 0 Å². The summed E-state index contributed by atoms with van der Waals surface area (Å²) < 4.78 is 11.3. The van der Waals surface area contributed by atoms with Crippen molar-refractivity contribution in [2.75, 3.05) is 10.6 Å². The Morgan fingerprint density at radius 2 is 1.59 bits per heavy atom. The quantitative estimate of drug-likeness (QED) is 0.486. The van der Waals surface area contributed by atoms with Crippen LogP contribution < -0.4 is 10.6 Å². The highest BCUT2D eigenvalue weighted by Gasteiger charge is 2.33. The Balaban J connectivity index is 1.54. The zero-order valence-electron chi connectivity index (χ0n) is 15.2. The topological polar surface area (TPSA) is 80.6 Å². The minimum absolute atomic E-state index is 0.121. The summed E-state index contributed by atoms with van der Waals surface area (Å²) in [6.45, 7) is 0. The second-order valence-corrected chi connectivity index (χ2v) is 6.64. The Kier molecular flexibility index (Phi) is 4.02. The molecule has 0 bridgehead atoms. The van der Waals surface area contributed by atoms with E-state index in [1.54, 1.807) is 30.3 Å². The predicted molar refractivity (Wildman–Crippen MR) is 109 cm³/mol. The summed E-state index contributed by atoms with van der Waals surface area (Å²) in [7, 11) is 0. The van der Waals surface area contributed by atoms with Crippen molar-refractivity contribution in [1.29, 1.82) is 0 Å². The van der Waals surface area contributed by atoms with Crippen LogP contribution in [0.25, 0.3) is 11.0 Å². The first kappa shape index (κ1) is 17.1. The number of fused-ring (bicyclic) bond motifs is 2. The molecule has 0 radical (unpaired) electrons. The third-order valence-corrected chi connectivity index (χ3v) is 4.80. The van der Waals surface area contributed by atoms with Gasteiger partial charge >= 0.3 is 5.97 Å². The molecule has 0 saturated heterocycles. The molecular weight excluding hydrogens is 368 g/mol. The molecule has 1 aromatic heterocycles. The van der Waals surface area contributed by atoms with E-state index in [1.165, 1.54) is 0 Å². The number of ether oxygens (including phenoxy) is 1. The average molecular weight is 384 g/mol. The van der Waals surface area contributed by atoms with Gasteiger partial charge in [-0.25, -0.2) is 4.79 Å².